The van der Waals surface area contributed by atoms with Crippen molar-refractivity contribution in [2.24, 2.45) is 7.05 Å². The van der Waals surface area contributed by atoms with Crippen LogP contribution in [0.2, 0.25) is 0 Å². The third-order valence-electron chi connectivity index (χ3n) is 4.52. The van der Waals surface area contributed by atoms with Crippen molar-refractivity contribution in [1.82, 2.24) is 14.1 Å². The van der Waals surface area contributed by atoms with E-state index in [9.17, 15) is 13.2 Å². The van der Waals surface area contributed by atoms with Crippen molar-refractivity contribution in [3.8, 4) is 5.75 Å². The number of hydrogen-bond donors (Lipinski definition) is 1. The fourth-order valence-corrected chi connectivity index (χ4v) is 4.72. The van der Waals surface area contributed by atoms with Crippen LogP contribution < -0.4 is 4.74 Å². The Labute approximate surface area is 157 Å². The lowest BCUT2D eigenvalue weighted by molar-refractivity contribution is -0.136. The molecule has 0 unspecified atom stereocenters. The van der Waals surface area contributed by atoms with Crippen LogP contribution in [0.25, 0.3) is 5.57 Å². The summed E-state index contributed by atoms with van der Waals surface area (Å²) in [5.41, 5.74) is 2.42. The molecule has 1 aliphatic rings. The van der Waals surface area contributed by atoms with Crippen LogP contribution in [-0.2, 0) is 28.3 Å². The number of aryl methyl sites for hydroxylation is 1. The molecular formula is C18H21N3O5S. The van der Waals surface area contributed by atoms with Crippen LogP contribution in [0.3, 0.4) is 0 Å². The van der Waals surface area contributed by atoms with Crippen molar-refractivity contribution in [3.05, 3.63) is 47.8 Å². The molecular weight excluding hydrogens is 370 g/mol. The van der Waals surface area contributed by atoms with E-state index in [0.717, 1.165) is 11.3 Å². The molecule has 1 aromatic carbocycles. The summed E-state index contributed by atoms with van der Waals surface area (Å²) in [4.78, 5) is 10.9. The summed E-state index contributed by atoms with van der Waals surface area (Å²) in [5, 5.41) is 13.1. The van der Waals surface area contributed by atoms with Crippen LogP contribution >= 0.6 is 0 Å². The Balaban J connectivity index is 1.90. The smallest absolute Gasteiger partial charge is 0.307 e. The third-order valence-corrected chi connectivity index (χ3v) is 6.41. The zero-order valence-electron chi connectivity index (χ0n) is 15.1. The minimum atomic E-state index is -3.82. The van der Waals surface area contributed by atoms with Gasteiger partial charge in [-0.25, -0.2) is 8.42 Å². The number of aromatic nitrogens is 2. The molecule has 0 aliphatic carbocycles. The molecule has 9 heteroatoms. The normalized spacial score (nSPS) is 15.4. The topological polar surface area (TPSA) is 102 Å². The molecule has 0 amide bonds. The number of carbonyl (C=O) groups is 1. The highest BCUT2D eigenvalue weighted by atomic mass is 32.2. The Bertz CT molecular complexity index is 994. The summed E-state index contributed by atoms with van der Waals surface area (Å²) in [6, 6.07) is 6.33. The van der Waals surface area contributed by atoms with E-state index in [1.54, 1.807) is 16.9 Å². The van der Waals surface area contributed by atoms with Crippen molar-refractivity contribution in [2.75, 3.05) is 20.2 Å². The van der Waals surface area contributed by atoms with Gasteiger partial charge in [0.25, 0.3) is 0 Å². The maximum absolute atomic E-state index is 13.1. The number of nitrogens with zero attached hydrogens (tertiary/aromatic N) is 3. The first-order valence-corrected chi connectivity index (χ1v) is 9.83. The summed E-state index contributed by atoms with van der Waals surface area (Å²) < 4.78 is 34.6. The van der Waals surface area contributed by atoms with Gasteiger partial charge < -0.3 is 9.84 Å². The van der Waals surface area contributed by atoms with Gasteiger partial charge in [-0.1, -0.05) is 12.1 Å². The average Bonchev–Trinajstić information content (AvgIpc) is 3.07. The van der Waals surface area contributed by atoms with Crippen LogP contribution in [0.1, 0.15) is 17.7 Å². The number of benzene rings is 1. The molecule has 1 N–H and O–H groups in total. The number of sulfonamides is 1. The number of hydrogen-bond acceptors (Lipinski definition) is 5. The Morgan fingerprint density at radius 2 is 2.11 bits per heavy atom. The predicted molar refractivity (Wildman–Crippen MR) is 98.9 cm³/mol. The SMILES string of the molecule is COc1ccc(CC(=O)O)cc1S(=O)(=O)N1CC=C(c2ccnn2C)CC1. The van der Waals surface area contributed by atoms with Gasteiger partial charge in [-0.05, 0) is 35.8 Å². The van der Waals surface area contributed by atoms with Crippen molar-refractivity contribution in [2.45, 2.75) is 17.7 Å². The first-order chi connectivity index (χ1) is 12.8. The predicted octanol–water partition coefficient (Wildman–Crippen LogP) is 1.53. The van der Waals surface area contributed by atoms with Crippen molar-refractivity contribution >= 4 is 21.6 Å². The van der Waals surface area contributed by atoms with E-state index in [-0.39, 0.29) is 23.6 Å². The highest BCUT2D eigenvalue weighted by Gasteiger charge is 2.30. The maximum Gasteiger partial charge on any atom is 0.307 e. The summed E-state index contributed by atoms with van der Waals surface area (Å²) >= 11 is 0. The molecule has 1 aromatic heterocycles. The van der Waals surface area contributed by atoms with Crippen molar-refractivity contribution in [3.63, 3.8) is 0 Å². The van der Waals surface area contributed by atoms with Crippen LogP contribution in [0.5, 0.6) is 5.75 Å². The van der Waals surface area contributed by atoms with Gasteiger partial charge in [0.15, 0.2) is 0 Å². The minimum Gasteiger partial charge on any atom is -0.495 e. The van der Waals surface area contributed by atoms with E-state index in [0.29, 0.717) is 18.5 Å². The van der Waals surface area contributed by atoms with E-state index < -0.39 is 16.0 Å². The standard InChI is InChI=1S/C18H21N3O5S/c1-20-15(5-8-19-20)14-6-9-21(10-7-14)27(24,25)17-11-13(12-18(22)23)3-4-16(17)26-2/h3-6,8,11H,7,9-10,12H2,1-2H3,(H,22,23). The quantitative estimate of drug-likeness (QED) is 0.801. The van der Waals surface area contributed by atoms with E-state index in [2.05, 4.69) is 5.10 Å². The maximum atomic E-state index is 13.1. The number of aliphatic carboxylic acids is 1. The van der Waals surface area contributed by atoms with Gasteiger partial charge in [-0.3, -0.25) is 9.48 Å². The molecule has 0 spiro atoms. The highest BCUT2D eigenvalue weighted by molar-refractivity contribution is 7.89. The fraction of sp³-hybridized carbons (Fsp3) is 0.333. The second kappa shape index (κ2) is 7.53. The second-order valence-electron chi connectivity index (χ2n) is 6.24. The second-order valence-corrected chi connectivity index (χ2v) is 8.14. The molecule has 2 aromatic rings. The number of ether oxygens (including phenoxy) is 1. The first kappa shape index (κ1) is 19.1. The third kappa shape index (κ3) is 3.88. The fourth-order valence-electron chi connectivity index (χ4n) is 3.14. The molecule has 0 saturated carbocycles. The van der Waals surface area contributed by atoms with E-state index >= 15 is 0 Å². The van der Waals surface area contributed by atoms with Gasteiger partial charge in [0, 0.05) is 26.3 Å². The summed E-state index contributed by atoms with van der Waals surface area (Å²) in [6.07, 6.45) is 3.90. The van der Waals surface area contributed by atoms with Crippen molar-refractivity contribution in [1.29, 1.82) is 0 Å². The molecule has 0 fully saturated rings. The van der Waals surface area contributed by atoms with Crippen LogP contribution in [-0.4, -0.2) is 53.8 Å². The van der Waals surface area contributed by atoms with Gasteiger partial charge in [-0.15, -0.1) is 0 Å². The molecule has 0 bridgehead atoms. The molecule has 3 rings (SSSR count). The highest BCUT2D eigenvalue weighted by Crippen LogP contribution is 2.31. The van der Waals surface area contributed by atoms with E-state index in [1.807, 2.05) is 19.2 Å². The van der Waals surface area contributed by atoms with Crippen LogP contribution in [0.15, 0.2) is 41.4 Å². The monoisotopic (exact) mass is 391 g/mol. The van der Waals surface area contributed by atoms with Crippen LogP contribution in [0, 0.1) is 0 Å². The Kier molecular flexibility index (Phi) is 5.33. The number of methoxy groups -OCH3 is 1. The molecule has 0 atom stereocenters. The number of carboxylic acid groups (broad SMARTS) is 1. The Morgan fingerprint density at radius 3 is 2.67 bits per heavy atom. The Morgan fingerprint density at radius 1 is 1.33 bits per heavy atom. The lowest BCUT2D eigenvalue weighted by Gasteiger charge is -2.26. The summed E-state index contributed by atoms with van der Waals surface area (Å²) in [7, 11) is -0.581. The van der Waals surface area contributed by atoms with Gasteiger partial charge in [0.05, 0.1) is 19.2 Å². The molecule has 27 heavy (non-hydrogen) atoms. The average molecular weight is 391 g/mol. The summed E-state index contributed by atoms with van der Waals surface area (Å²) in [5.74, 6) is -0.823. The molecule has 0 saturated heterocycles. The van der Waals surface area contributed by atoms with E-state index in [4.69, 9.17) is 9.84 Å². The molecule has 8 nitrogen and oxygen atoms in total. The number of rotatable bonds is 6. The molecule has 2 heterocycles. The lowest BCUT2D eigenvalue weighted by atomic mass is 10.1. The molecule has 1 aliphatic heterocycles. The zero-order chi connectivity index (χ0) is 19.6. The van der Waals surface area contributed by atoms with Gasteiger partial charge in [0.2, 0.25) is 10.0 Å². The van der Waals surface area contributed by atoms with Crippen LogP contribution in [0.4, 0.5) is 0 Å². The largest absolute Gasteiger partial charge is 0.495 e. The molecule has 144 valence electrons. The van der Waals surface area contributed by atoms with Gasteiger partial charge >= 0.3 is 5.97 Å². The number of carboxylic acids is 1. The lowest BCUT2D eigenvalue weighted by Crippen LogP contribution is -2.35. The Hall–Kier alpha value is -2.65. The van der Waals surface area contributed by atoms with Gasteiger partial charge in [-0.2, -0.15) is 9.40 Å². The summed E-state index contributed by atoms with van der Waals surface area (Å²) in [6.45, 7) is 0.556. The van der Waals surface area contributed by atoms with Crippen molar-refractivity contribution < 1.29 is 23.1 Å². The van der Waals surface area contributed by atoms with Gasteiger partial charge in [0.1, 0.15) is 10.6 Å². The minimum absolute atomic E-state index is 0.0128. The first-order valence-electron chi connectivity index (χ1n) is 8.39. The zero-order valence-corrected chi connectivity index (χ0v) is 15.9. The molecule has 0 radical (unpaired) electrons. The van der Waals surface area contributed by atoms with E-state index in [1.165, 1.54) is 23.5 Å².